The van der Waals surface area contributed by atoms with Gasteiger partial charge in [-0.1, -0.05) is 32.1 Å². The lowest BCUT2D eigenvalue weighted by atomic mass is 10.1. The zero-order chi connectivity index (χ0) is 13.0. The highest BCUT2D eigenvalue weighted by molar-refractivity contribution is 7.89. The van der Waals surface area contributed by atoms with Crippen molar-refractivity contribution in [1.29, 1.82) is 0 Å². The van der Waals surface area contributed by atoms with Crippen LogP contribution in [-0.2, 0) is 10.0 Å². The Balaban J connectivity index is 3.32. The first-order valence-electron chi connectivity index (χ1n) is 6.26. The summed E-state index contributed by atoms with van der Waals surface area (Å²) in [4.78, 5) is 0. The zero-order valence-electron chi connectivity index (χ0n) is 10.3. The van der Waals surface area contributed by atoms with Gasteiger partial charge in [0.15, 0.2) is 0 Å². The first-order valence-corrected chi connectivity index (χ1v) is 8.45. The van der Waals surface area contributed by atoms with Gasteiger partial charge in [-0.15, -0.1) is 11.6 Å². The highest BCUT2D eigenvalue weighted by Gasteiger charge is 2.07. The Labute approximate surface area is 110 Å². The third kappa shape index (κ3) is 12.4. The van der Waals surface area contributed by atoms with Gasteiger partial charge in [0.05, 0.1) is 12.4 Å². The van der Waals surface area contributed by atoms with Crippen molar-refractivity contribution in [3.05, 3.63) is 0 Å². The van der Waals surface area contributed by atoms with E-state index in [4.69, 9.17) is 16.7 Å². The summed E-state index contributed by atoms with van der Waals surface area (Å²) in [5.41, 5.74) is 0. The van der Waals surface area contributed by atoms with Gasteiger partial charge in [-0.2, -0.15) is 0 Å². The van der Waals surface area contributed by atoms with E-state index in [0.29, 0.717) is 6.42 Å². The van der Waals surface area contributed by atoms with Crippen molar-refractivity contribution in [3.63, 3.8) is 0 Å². The Hall–Kier alpha value is 0.160. The molecule has 0 rings (SSSR count). The van der Waals surface area contributed by atoms with E-state index in [0.717, 1.165) is 31.6 Å². The maximum Gasteiger partial charge on any atom is 0.211 e. The maximum atomic E-state index is 11.3. The molecule has 0 aliphatic rings. The van der Waals surface area contributed by atoms with E-state index >= 15 is 0 Å². The molecule has 0 amide bonds. The van der Waals surface area contributed by atoms with Gasteiger partial charge in [-0.05, 0) is 12.8 Å². The topological polar surface area (TPSA) is 66.4 Å². The first kappa shape index (κ1) is 17.2. The molecule has 0 heterocycles. The molecule has 0 aromatic rings. The summed E-state index contributed by atoms with van der Waals surface area (Å²) >= 11 is 5.56. The van der Waals surface area contributed by atoms with E-state index < -0.39 is 10.0 Å². The predicted octanol–water partition coefficient (Wildman–Crippen LogP) is 1.87. The summed E-state index contributed by atoms with van der Waals surface area (Å²) < 4.78 is 25.0. The van der Waals surface area contributed by atoms with Crippen LogP contribution in [0, 0.1) is 0 Å². The second-order valence-electron chi connectivity index (χ2n) is 4.10. The summed E-state index contributed by atoms with van der Waals surface area (Å²) in [5.74, 6) is 0.892. The number of sulfonamides is 1. The lowest BCUT2D eigenvalue weighted by molar-refractivity contribution is 0.301. The number of rotatable bonds is 12. The number of hydrogen-bond donors (Lipinski definition) is 2. The zero-order valence-corrected chi connectivity index (χ0v) is 11.9. The van der Waals surface area contributed by atoms with Crippen molar-refractivity contribution in [3.8, 4) is 0 Å². The van der Waals surface area contributed by atoms with Gasteiger partial charge in [-0.3, -0.25) is 0 Å². The fourth-order valence-electron chi connectivity index (χ4n) is 1.54. The Morgan fingerprint density at radius 3 is 2.00 bits per heavy atom. The molecule has 2 N–H and O–H groups in total. The molecule has 0 aliphatic carbocycles. The fourth-order valence-corrected chi connectivity index (χ4v) is 2.86. The summed E-state index contributed by atoms with van der Waals surface area (Å²) in [6.07, 6.45) is 7.29. The fraction of sp³-hybridized carbons (Fsp3) is 1.00. The molecule has 0 spiro atoms. The number of alkyl halides is 1. The summed E-state index contributed by atoms with van der Waals surface area (Å²) in [6.45, 7) is -0.0411. The average Bonchev–Trinajstić information content (AvgIpc) is 2.30. The highest BCUT2D eigenvalue weighted by atomic mass is 35.5. The molecule has 0 radical (unpaired) electrons. The van der Waals surface area contributed by atoms with Gasteiger partial charge in [0.25, 0.3) is 0 Å². The van der Waals surface area contributed by atoms with Crippen LogP contribution >= 0.6 is 11.6 Å². The van der Waals surface area contributed by atoms with Gasteiger partial charge in [-0.25, -0.2) is 13.1 Å². The van der Waals surface area contributed by atoms with Crippen LogP contribution in [0.5, 0.6) is 0 Å². The second kappa shape index (κ2) is 11.3. The van der Waals surface area contributed by atoms with Crippen LogP contribution in [0.3, 0.4) is 0 Å². The third-order valence-corrected chi connectivity index (χ3v) is 4.22. The molecular formula is C11H24ClNO3S. The molecule has 104 valence electrons. The number of unbranched alkanes of at least 4 members (excludes halogenated alkanes) is 6. The average molecular weight is 286 g/mol. The molecule has 0 fully saturated rings. The van der Waals surface area contributed by atoms with Crippen molar-refractivity contribution in [2.75, 3.05) is 24.8 Å². The lowest BCUT2D eigenvalue weighted by Crippen LogP contribution is -2.28. The van der Waals surface area contributed by atoms with Gasteiger partial charge >= 0.3 is 0 Å². The molecule has 0 aromatic heterocycles. The van der Waals surface area contributed by atoms with E-state index in [2.05, 4.69) is 4.72 Å². The number of nitrogens with one attached hydrogen (secondary N) is 1. The first-order chi connectivity index (χ1) is 8.12. The highest BCUT2D eigenvalue weighted by Crippen LogP contribution is 2.08. The summed E-state index contributed by atoms with van der Waals surface area (Å²) in [6, 6.07) is 0. The van der Waals surface area contributed by atoms with Gasteiger partial charge < -0.3 is 5.11 Å². The van der Waals surface area contributed by atoms with Crippen molar-refractivity contribution in [2.45, 2.75) is 44.9 Å². The molecule has 0 aliphatic heterocycles. The van der Waals surface area contributed by atoms with Crippen molar-refractivity contribution in [2.24, 2.45) is 0 Å². The molecule has 6 heteroatoms. The van der Waals surface area contributed by atoms with Gasteiger partial charge in [0, 0.05) is 12.4 Å². The smallest absolute Gasteiger partial charge is 0.211 e. The molecular weight excluding hydrogens is 262 g/mol. The minimum atomic E-state index is -3.17. The van der Waals surface area contributed by atoms with E-state index in [1.54, 1.807) is 0 Å². The Bertz CT molecular complexity index is 257. The largest absolute Gasteiger partial charge is 0.395 e. The van der Waals surface area contributed by atoms with Gasteiger partial charge in [0.2, 0.25) is 10.0 Å². The van der Waals surface area contributed by atoms with E-state index in [1.807, 2.05) is 0 Å². The van der Waals surface area contributed by atoms with Crippen LogP contribution < -0.4 is 4.72 Å². The third-order valence-electron chi connectivity index (χ3n) is 2.48. The molecule has 0 saturated carbocycles. The normalized spacial score (nSPS) is 11.9. The van der Waals surface area contributed by atoms with Crippen LogP contribution in [-0.4, -0.2) is 38.3 Å². The molecule has 4 nitrogen and oxygen atoms in total. The van der Waals surface area contributed by atoms with Crippen LogP contribution in [0.1, 0.15) is 44.9 Å². The number of hydrogen-bond acceptors (Lipinski definition) is 3. The van der Waals surface area contributed by atoms with Crippen LogP contribution in [0.15, 0.2) is 0 Å². The predicted molar refractivity (Wildman–Crippen MR) is 71.9 cm³/mol. The van der Waals surface area contributed by atoms with E-state index in [9.17, 15) is 8.42 Å². The minimum absolute atomic E-state index is 0.112. The standard InChI is InChI=1S/C11H24ClNO3S/c12-8-6-4-2-1-3-5-7-11-17(15,16)13-9-10-14/h13-14H,1-11H2. The minimum Gasteiger partial charge on any atom is -0.395 e. The molecule has 0 unspecified atom stereocenters. The lowest BCUT2D eigenvalue weighted by Gasteiger charge is -2.05. The van der Waals surface area contributed by atoms with E-state index in [1.165, 1.54) is 12.8 Å². The monoisotopic (exact) mass is 285 g/mol. The van der Waals surface area contributed by atoms with E-state index in [-0.39, 0.29) is 18.9 Å². The Kier molecular flexibility index (Phi) is 11.4. The molecule has 17 heavy (non-hydrogen) atoms. The SMILES string of the molecule is O=S(=O)(CCCCCCCCCCl)NCCO. The Morgan fingerprint density at radius 2 is 1.47 bits per heavy atom. The van der Waals surface area contributed by atoms with Gasteiger partial charge in [0.1, 0.15) is 0 Å². The van der Waals surface area contributed by atoms with Crippen molar-refractivity contribution >= 4 is 21.6 Å². The summed E-state index contributed by atoms with van der Waals surface area (Å²) in [5, 5.41) is 8.51. The van der Waals surface area contributed by atoms with Crippen LogP contribution in [0.4, 0.5) is 0 Å². The quantitative estimate of drug-likeness (QED) is 0.425. The molecule has 0 aromatic carbocycles. The summed E-state index contributed by atoms with van der Waals surface area (Å²) in [7, 11) is -3.17. The number of aliphatic hydroxyl groups excluding tert-OH is 1. The number of aliphatic hydroxyl groups is 1. The molecule has 0 atom stereocenters. The second-order valence-corrected chi connectivity index (χ2v) is 6.41. The van der Waals surface area contributed by atoms with Crippen molar-refractivity contribution in [1.82, 2.24) is 4.72 Å². The molecule has 0 saturated heterocycles. The number of halogens is 1. The van der Waals surface area contributed by atoms with Crippen LogP contribution in [0.25, 0.3) is 0 Å². The van der Waals surface area contributed by atoms with Crippen LogP contribution in [0.2, 0.25) is 0 Å². The van der Waals surface area contributed by atoms with Crippen molar-refractivity contribution < 1.29 is 13.5 Å². The molecule has 0 bridgehead atoms. The Morgan fingerprint density at radius 1 is 0.941 bits per heavy atom. The maximum absolute atomic E-state index is 11.3.